The van der Waals surface area contributed by atoms with Crippen LogP contribution in [-0.2, 0) is 21.6 Å². The van der Waals surface area contributed by atoms with Gasteiger partial charge in [0.2, 0.25) is 0 Å². The molecule has 0 aromatic heterocycles. The van der Waals surface area contributed by atoms with E-state index >= 15 is 0 Å². The minimum absolute atomic E-state index is 0.0193. The Kier molecular flexibility index (Phi) is 3.82. The number of hydrogen-bond acceptors (Lipinski definition) is 3. The van der Waals surface area contributed by atoms with E-state index in [2.05, 4.69) is 6.08 Å². The lowest BCUT2D eigenvalue weighted by atomic mass is 9.71. The first kappa shape index (κ1) is 12.8. The minimum Gasteiger partial charge on any atom is -0.468 e. The number of allylic oxidation sites excluding steroid dienone is 2. The van der Waals surface area contributed by atoms with Crippen molar-refractivity contribution in [2.45, 2.75) is 31.3 Å². The first-order chi connectivity index (χ1) is 8.73. The lowest BCUT2D eigenvalue weighted by molar-refractivity contribution is -0.148. The van der Waals surface area contributed by atoms with Crippen molar-refractivity contribution in [3.63, 3.8) is 0 Å². The summed E-state index contributed by atoms with van der Waals surface area (Å²) < 4.78 is 4.98. The van der Waals surface area contributed by atoms with Crippen LogP contribution < -0.4 is 0 Å². The number of carbonyl (C=O) groups is 1. The first-order valence-electron chi connectivity index (χ1n) is 6.16. The summed E-state index contributed by atoms with van der Waals surface area (Å²) >= 11 is 0. The zero-order valence-electron chi connectivity index (χ0n) is 10.6. The molecule has 3 heteroatoms. The molecule has 1 aliphatic carbocycles. The average molecular weight is 246 g/mol. The van der Waals surface area contributed by atoms with Crippen molar-refractivity contribution >= 4 is 5.97 Å². The summed E-state index contributed by atoms with van der Waals surface area (Å²) in [6, 6.07) is 7.56. The molecule has 0 fully saturated rings. The highest BCUT2D eigenvalue weighted by Crippen LogP contribution is 2.37. The molecule has 0 aliphatic heterocycles. The number of benzene rings is 1. The van der Waals surface area contributed by atoms with Crippen LogP contribution in [-0.4, -0.2) is 18.2 Å². The summed E-state index contributed by atoms with van der Waals surface area (Å²) in [6.07, 6.45) is 6.48. The SMILES string of the molecule is COC(=O)C1(c2ccc(CO)cc2)CC=CCC1. The predicted molar refractivity (Wildman–Crippen MR) is 69.0 cm³/mol. The van der Waals surface area contributed by atoms with Crippen LogP contribution in [0.5, 0.6) is 0 Å². The molecule has 2 rings (SSSR count). The summed E-state index contributed by atoms with van der Waals surface area (Å²) in [7, 11) is 1.44. The maximum Gasteiger partial charge on any atom is 0.316 e. The van der Waals surface area contributed by atoms with Crippen molar-refractivity contribution in [2.24, 2.45) is 0 Å². The maximum absolute atomic E-state index is 12.1. The van der Waals surface area contributed by atoms with Crippen LogP contribution in [0, 0.1) is 0 Å². The zero-order chi connectivity index (χ0) is 13.0. The van der Waals surface area contributed by atoms with Gasteiger partial charge in [0.1, 0.15) is 0 Å². The van der Waals surface area contributed by atoms with E-state index in [-0.39, 0.29) is 12.6 Å². The van der Waals surface area contributed by atoms with Crippen molar-refractivity contribution in [1.29, 1.82) is 0 Å². The second kappa shape index (κ2) is 5.36. The van der Waals surface area contributed by atoms with Crippen LogP contribution >= 0.6 is 0 Å². The number of methoxy groups -OCH3 is 1. The standard InChI is InChI=1S/C15H18O3/c1-18-14(17)15(9-3-2-4-10-15)13-7-5-12(11-16)6-8-13/h2-3,5-8,16H,4,9-11H2,1H3. The van der Waals surface area contributed by atoms with E-state index < -0.39 is 5.41 Å². The Morgan fingerprint density at radius 3 is 2.56 bits per heavy atom. The molecule has 0 saturated heterocycles. The predicted octanol–water partition coefficient (Wildman–Crippen LogP) is 2.33. The van der Waals surface area contributed by atoms with Crippen molar-refractivity contribution in [2.75, 3.05) is 7.11 Å². The molecule has 0 amide bonds. The summed E-state index contributed by atoms with van der Waals surface area (Å²) in [5, 5.41) is 9.06. The van der Waals surface area contributed by atoms with Gasteiger partial charge in [0.25, 0.3) is 0 Å². The molecule has 0 saturated carbocycles. The monoisotopic (exact) mass is 246 g/mol. The molecule has 96 valence electrons. The largest absolute Gasteiger partial charge is 0.468 e. The zero-order valence-corrected chi connectivity index (χ0v) is 10.6. The van der Waals surface area contributed by atoms with Gasteiger partial charge in [0, 0.05) is 0 Å². The Morgan fingerprint density at radius 2 is 2.06 bits per heavy atom. The normalized spacial score (nSPS) is 22.8. The quantitative estimate of drug-likeness (QED) is 0.657. The fourth-order valence-electron chi connectivity index (χ4n) is 2.52. The Morgan fingerprint density at radius 1 is 1.33 bits per heavy atom. The van der Waals surface area contributed by atoms with Crippen LogP contribution in [0.1, 0.15) is 30.4 Å². The third-order valence-electron chi connectivity index (χ3n) is 3.64. The molecule has 0 spiro atoms. The number of carbonyl (C=O) groups excluding carboxylic acids is 1. The molecule has 1 N–H and O–H groups in total. The van der Waals surface area contributed by atoms with E-state index in [0.717, 1.165) is 24.0 Å². The molecular weight excluding hydrogens is 228 g/mol. The minimum atomic E-state index is -0.558. The smallest absolute Gasteiger partial charge is 0.316 e. The summed E-state index contributed by atoms with van der Waals surface area (Å²) in [5.41, 5.74) is 1.26. The molecule has 1 unspecified atom stereocenters. The Hall–Kier alpha value is -1.61. The lowest BCUT2D eigenvalue weighted by Gasteiger charge is -2.32. The fraction of sp³-hybridized carbons (Fsp3) is 0.400. The van der Waals surface area contributed by atoms with Crippen molar-refractivity contribution in [1.82, 2.24) is 0 Å². The van der Waals surface area contributed by atoms with Crippen molar-refractivity contribution in [3.05, 3.63) is 47.5 Å². The van der Waals surface area contributed by atoms with Gasteiger partial charge < -0.3 is 9.84 Å². The van der Waals surface area contributed by atoms with Crippen molar-refractivity contribution < 1.29 is 14.6 Å². The topological polar surface area (TPSA) is 46.5 Å². The van der Waals surface area contributed by atoms with Gasteiger partial charge in [-0.25, -0.2) is 0 Å². The Balaban J connectivity index is 2.39. The molecule has 1 aliphatic rings. The summed E-state index contributed by atoms with van der Waals surface area (Å²) in [4.78, 5) is 12.1. The second-order valence-corrected chi connectivity index (χ2v) is 4.64. The third-order valence-corrected chi connectivity index (χ3v) is 3.64. The number of aliphatic hydroxyl groups is 1. The van der Waals surface area contributed by atoms with E-state index in [1.54, 1.807) is 0 Å². The Bertz CT molecular complexity index is 447. The second-order valence-electron chi connectivity index (χ2n) is 4.64. The first-order valence-corrected chi connectivity index (χ1v) is 6.16. The van der Waals surface area contributed by atoms with E-state index in [1.165, 1.54) is 7.11 Å². The molecule has 0 heterocycles. The number of rotatable bonds is 3. The van der Waals surface area contributed by atoms with Gasteiger partial charge in [0.15, 0.2) is 0 Å². The maximum atomic E-state index is 12.1. The molecule has 0 bridgehead atoms. The lowest BCUT2D eigenvalue weighted by Crippen LogP contribution is -2.37. The number of esters is 1. The highest BCUT2D eigenvalue weighted by molar-refractivity contribution is 5.83. The molecule has 1 aromatic carbocycles. The highest BCUT2D eigenvalue weighted by Gasteiger charge is 2.40. The molecule has 18 heavy (non-hydrogen) atoms. The number of ether oxygens (including phenoxy) is 1. The highest BCUT2D eigenvalue weighted by atomic mass is 16.5. The number of hydrogen-bond donors (Lipinski definition) is 1. The van der Waals surface area contributed by atoms with Crippen LogP contribution in [0.4, 0.5) is 0 Å². The van der Waals surface area contributed by atoms with Gasteiger partial charge in [0.05, 0.1) is 19.1 Å². The van der Waals surface area contributed by atoms with Gasteiger partial charge in [-0.3, -0.25) is 4.79 Å². The molecular formula is C15H18O3. The van der Waals surface area contributed by atoms with E-state index in [0.29, 0.717) is 6.42 Å². The van der Waals surface area contributed by atoms with Gasteiger partial charge >= 0.3 is 5.97 Å². The average Bonchev–Trinajstić information content (AvgIpc) is 2.47. The van der Waals surface area contributed by atoms with E-state index in [1.807, 2.05) is 30.3 Å². The number of aliphatic hydroxyl groups excluding tert-OH is 1. The van der Waals surface area contributed by atoms with E-state index in [9.17, 15) is 4.79 Å². The summed E-state index contributed by atoms with van der Waals surface area (Å²) in [5.74, 6) is -0.177. The van der Waals surface area contributed by atoms with Gasteiger partial charge in [-0.05, 0) is 30.4 Å². The van der Waals surface area contributed by atoms with Crippen molar-refractivity contribution in [3.8, 4) is 0 Å². The van der Waals surface area contributed by atoms with Gasteiger partial charge in [-0.15, -0.1) is 0 Å². The van der Waals surface area contributed by atoms with Crippen LogP contribution in [0.3, 0.4) is 0 Å². The molecule has 3 nitrogen and oxygen atoms in total. The fourth-order valence-corrected chi connectivity index (χ4v) is 2.52. The van der Waals surface area contributed by atoms with Crippen LogP contribution in [0.2, 0.25) is 0 Å². The molecule has 1 aromatic rings. The van der Waals surface area contributed by atoms with Crippen LogP contribution in [0.15, 0.2) is 36.4 Å². The Labute approximate surface area is 107 Å². The molecule has 1 atom stereocenters. The van der Waals surface area contributed by atoms with Gasteiger partial charge in [-0.2, -0.15) is 0 Å². The summed E-state index contributed by atoms with van der Waals surface area (Å²) in [6.45, 7) is 0.0193. The molecule has 0 radical (unpaired) electrons. The van der Waals surface area contributed by atoms with Gasteiger partial charge in [-0.1, -0.05) is 36.4 Å². The van der Waals surface area contributed by atoms with E-state index in [4.69, 9.17) is 9.84 Å². The third kappa shape index (κ3) is 2.18. The van der Waals surface area contributed by atoms with Crippen LogP contribution in [0.25, 0.3) is 0 Å².